The van der Waals surface area contributed by atoms with Crippen LogP contribution in [0.4, 0.5) is 5.69 Å². The number of benzene rings is 1. The van der Waals surface area contributed by atoms with Gasteiger partial charge in [0.25, 0.3) is 0 Å². The predicted molar refractivity (Wildman–Crippen MR) is 72.1 cm³/mol. The molecule has 0 unspecified atom stereocenters. The molecule has 2 N–H and O–H groups in total. The van der Waals surface area contributed by atoms with E-state index in [1.807, 2.05) is 6.92 Å². The van der Waals surface area contributed by atoms with Gasteiger partial charge in [-0.25, -0.2) is 0 Å². The van der Waals surface area contributed by atoms with Crippen LogP contribution >= 0.6 is 23.1 Å². The lowest BCUT2D eigenvalue weighted by atomic mass is 10.3. The Kier molecular flexibility index (Phi) is 4.16. The van der Waals surface area contributed by atoms with Crippen LogP contribution in [0.1, 0.15) is 5.01 Å². The first kappa shape index (κ1) is 12.8. The van der Waals surface area contributed by atoms with E-state index in [9.17, 15) is 9.90 Å². The summed E-state index contributed by atoms with van der Waals surface area (Å²) in [5.74, 6) is 0.111. The summed E-state index contributed by atoms with van der Waals surface area (Å²) in [6.45, 7) is 1.86. The molecular formula is C11H11N3O2S2. The van der Waals surface area contributed by atoms with Crippen molar-refractivity contribution in [1.29, 1.82) is 0 Å². The molecule has 1 aromatic carbocycles. The van der Waals surface area contributed by atoms with Crippen LogP contribution in [0, 0.1) is 6.92 Å². The van der Waals surface area contributed by atoms with Crippen molar-refractivity contribution < 1.29 is 9.90 Å². The summed E-state index contributed by atoms with van der Waals surface area (Å²) in [5.41, 5.74) is 0.413. The van der Waals surface area contributed by atoms with E-state index in [2.05, 4.69) is 15.5 Å². The van der Waals surface area contributed by atoms with Gasteiger partial charge in [0.1, 0.15) is 10.8 Å². The summed E-state index contributed by atoms with van der Waals surface area (Å²) in [6, 6.07) is 6.62. The van der Waals surface area contributed by atoms with Gasteiger partial charge in [-0.1, -0.05) is 35.2 Å². The van der Waals surface area contributed by atoms with Crippen molar-refractivity contribution in [3.8, 4) is 5.75 Å². The number of nitrogens with one attached hydrogen (secondary N) is 1. The van der Waals surface area contributed by atoms with E-state index in [4.69, 9.17) is 0 Å². The van der Waals surface area contributed by atoms with Crippen LogP contribution < -0.4 is 5.32 Å². The minimum atomic E-state index is -0.186. The first-order valence-corrected chi connectivity index (χ1v) is 6.96. The molecule has 0 saturated carbocycles. The van der Waals surface area contributed by atoms with Crippen LogP contribution in [0.5, 0.6) is 5.75 Å². The Balaban J connectivity index is 1.88. The van der Waals surface area contributed by atoms with Crippen molar-refractivity contribution in [2.45, 2.75) is 11.3 Å². The maximum atomic E-state index is 11.7. The quantitative estimate of drug-likeness (QED) is 0.664. The average molecular weight is 281 g/mol. The first-order valence-electron chi connectivity index (χ1n) is 5.16. The summed E-state index contributed by atoms with van der Waals surface area (Å²) < 4.78 is 0.764. The summed E-state index contributed by atoms with van der Waals surface area (Å²) in [7, 11) is 0. The van der Waals surface area contributed by atoms with Gasteiger partial charge in [0.2, 0.25) is 5.91 Å². The molecule has 0 aliphatic carbocycles. The maximum Gasteiger partial charge on any atom is 0.234 e. The van der Waals surface area contributed by atoms with Gasteiger partial charge >= 0.3 is 0 Å². The lowest BCUT2D eigenvalue weighted by Gasteiger charge is -2.05. The fourth-order valence-corrected chi connectivity index (χ4v) is 2.85. The Labute approximate surface area is 112 Å². The van der Waals surface area contributed by atoms with Gasteiger partial charge in [-0.15, -0.1) is 10.2 Å². The van der Waals surface area contributed by atoms with Crippen molar-refractivity contribution >= 4 is 34.7 Å². The van der Waals surface area contributed by atoms with E-state index >= 15 is 0 Å². The molecule has 0 bridgehead atoms. The molecule has 0 aliphatic heterocycles. The zero-order valence-corrected chi connectivity index (χ0v) is 11.2. The van der Waals surface area contributed by atoms with Crippen LogP contribution in [0.25, 0.3) is 0 Å². The zero-order chi connectivity index (χ0) is 13.0. The molecule has 0 saturated heterocycles. The summed E-state index contributed by atoms with van der Waals surface area (Å²) in [6.07, 6.45) is 0. The summed E-state index contributed by atoms with van der Waals surface area (Å²) >= 11 is 2.78. The Hall–Kier alpha value is -1.60. The highest BCUT2D eigenvalue weighted by Crippen LogP contribution is 2.24. The number of carbonyl (C=O) groups is 1. The Morgan fingerprint density at radius 3 is 2.89 bits per heavy atom. The van der Waals surface area contributed by atoms with E-state index in [1.165, 1.54) is 29.2 Å². The van der Waals surface area contributed by atoms with Gasteiger partial charge in [-0.2, -0.15) is 0 Å². The van der Waals surface area contributed by atoms with Crippen LogP contribution in [0.2, 0.25) is 0 Å². The molecule has 0 spiro atoms. The number of aromatic nitrogens is 2. The summed E-state index contributed by atoms with van der Waals surface area (Å²) in [5, 5.41) is 20.8. The van der Waals surface area contributed by atoms with Crippen LogP contribution in [0.3, 0.4) is 0 Å². The zero-order valence-electron chi connectivity index (χ0n) is 9.58. The van der Waals surface area contributed by atoms with Crippen molar-refractivity contribution in [2.75, 3.05) is 11.1 Å². The van der Waals surface area contributed by atoms with Gasteiger partial charge in [0.15, 0.2) is 4.34 Å². The molecule has 0 atom stereocenters. The highest BCUT2D eigenvalue weighted by Gasteiger charge is 2.08. The number of aromatic hydroxyl groups is 1. The Bertz CT molecular complexity index is 557. The second kappa shape index (κ2) is 5.83. The number of anilines is 1. The molecule has 2 aromatic rings. The number of aryl methyl sites for hydroxylation is 1. The summed E-state index contributed by atoms with van der Waals surface area (Å²) in [4.78, 5) is 11.7. The van der Waals surface area contributed by atoms with E-state index in [1.54, 1.807) is 18.2 Å². The molecule has 18 heavy (non-hydrogen) atoms. The monoisotopic (exact) mass is 281 g/mol. The SMILES string of the molecule is Cc1nnc(SCC(=O)Nc2ccccc2O)s1. The number of hydrogen-bond donors (Lipinski definition) is 2. The van der Waals surface area contributed by atoms with Gasteiger partial charge in [-0.05, 0) is 19.1 Å². The lowest BCUT2D eigenvalue weighted by Crippen LogP contribution is -2.13. The number of para-hydroxylation sites is 2. The van der Waals surface area contributed by atoms with Gasteiger partial charge in [0, 0.05) is 0 Å². The molecule has 5 nitrogen and oxygen atoms in total. The van der Waals surface area contributed by atoms with Gasteiger partial charge in [0.05, 0.1) is 11.4 Å². The molecule has 0 radical (unpaired) electrons. The van der Waals surface area contributed by atoms with E-state index in [-0.39, 0.29) is 17.4 Å². The van der Waals surface area contributed by atoms with E-state index in [0.29, 0.717) is 5.69 Å². The number of thioether (sulfide) groups is 1. The van der Waals surface area contributed by atoms with Crippen molar-refractivity contribution in [2.24, 2.45) is 0 Å². The number of phenolic OH excluding ortho intramolecular Hbond substituents is 1. The van der Waals surface area contributed by atoms with Crippen LogP contribution in [-0.4, -0.2) is 27.0 Å². The second-order valence-corrected chi connectivity index (χ2v) is 5.85. The number of phenols is 1. The fourth-order valence-electron chi connectivity index (χ4n) is 1.23. The molecule has 0 fully saturated rings. The molecule has 2 rings (SSSR count). The molecule has 1 amide bonds. The van der Waals surface area contributed by atoms with Gasteiger partial charge in [-0.3, -0.25) is 4.79 Å². The largest absolute Gasteiger partial charge is 0.506 e. The van der Waals surface area contributed by atoms with Crippen molar-refractivity contribution in [1.82, 2.24) is 10.2 Å². The maximum absolute atomic E-state index is 11.7. The predicted octanol–water partition coefficient (Wildman–Crippen LogP) is 2.28. The van der Waals surface area contributed by atoms with Crippen LogP contribution in [-0.2, 0) is 4.79 Å². The molecule has 7 heteroatoms. The Morgan fingerprint density at radius 2 is 2.22 bits per heavy atom. The number of carbonyl (C=O) groups excluding carboxylic acids is 1. The standard InChI is InChI=1S/C11H11N3O2S2/c1-7-13-14-11(18-7)17-6-10(16)12-8-4-2-3-5-9(8)15/h2-5,15H,6H2,1H3,(H,12,16). The average Bonchev–Trinajstić information content (AvgIpc) is 2.76. The third kappa shape index (κ3) is 3.44. The number of nitrogens with zero attached hydrogens (tertiary/aromatic N) is 2. The normalized spacial score (nSPS) is 10.3. The van der Waals surface area contributed by atoms with Crippen LogP contribution in [0.15, 0.2) is 28.6 Å². The first-order chi connectivity index (χ1) is 8.65. The number of amides is 1. The lowest BCUT2D eigenvalue weighted by molar-refractivity contribution is -0.113. The highest BCUT2D eigenvalue weighted by atomic mass is 32.2. The Morgan fingerprint density at radius 1 is 1.44 bits per heavy atom. The van der Waals surface area contributed by atoms with Gasteiger partial charge < -0.3 is 10.4 Å². The minimum absolute atomic E-state index is 0.0580. The third-order valence-electron chi connectivity index (χ3n) is 2.01. The highest BCUT2D eigenvalue weighted by molar-refractivity contribution is 8.01. The second-order valence-electron chi connectivity index (χ2n) is 3.44. The number of rotatable bonds is 4. The van der Waals surface area contributed by atoms with E-state index < -0.39 is 0 Å². The third-order valence-corrected chi connectivity index (χ3v) is 3.98. The fraction of sp³-hybridized carbons (Fsp3) is 0.182. The van der Waals surface area contributed by atoms with Crippen molar-refractivity contribution in [3.05, 3.63) is 29.3 Å². The molecule has 0 aliphatic rings. The smallest absolute Gasteiger partial charge is 0.234 e. The molecule has 1 heterocycles. The van der Waals surface area contributed by atoms with Crippen molar-refractivity contribution in [3.63, 3.8) is 0 Å². The topological polar surface area (TPSA) is 75.1 Å². The van der Waals surface area contributed by atoms with E-state index in [0.717, 1.165) is 9.35 Å². The minimum Gasteiger partial charge on any atom is -0.506 e. The molecular weight excluding hydrogens is 270 g/mol. The molecule has 94 valence electrons. The number of hydrogen-bond acceptors (Lipinski definition) is 6. The molecule has 1 aromatic heterocycles.